The molecular weight excluding hydrogens is 360 g/mol. The van der Waals surface area contributed by atoms with Crippen LogP contribution in [-0.4, -0.2) is 36.5 Å². The van der Waals surface area contributed by atoms with Gasteiger partial charge in [-0.1, -0.05) is 19.9 Å². The van der Waals surface area contributed by atoms with Crippen LogP contribution in [0.15, 0.2) is 24.0 Å². The maximum Gasteiger partial charge on any atom is 0.374 e. The molecule has 2 heterocycles. The Hall–Kier alpha value is -2.47. The van der Waals surface area contributed by atoms with E-state index in [0.29, 0.717) is 23.7 Å². The lowest BCUT2D eigenvalue weighted by atomic mass is 9.91. The van der Waals surface area contributed by atoms with Gasteiger partial charge in [0.25, 0.3) is 0 Å². The Morgan fingerprint density at radius 3 is 2.68 bits per heavy atom. The SMILES string of the molecule is CCOC(=O)C1=C/C(=C\C(C)C)c2c(cc3c(c2OC)C[C@@H](C(C)(C)O)O3)O1. The van der Waals surface area contributed by atoms with Gasteiger partial charge in [0, 0.05) is 18.1 Å². The zero-order chi connectivity index (χ0) is 20.6. The molecule has 2 aliphatic rings. The van der Waals surface area contributed by atoms with E-state index in [4.69, 9.17) is 18.9 Å². The lowest BCUT2D eigenvalue weighted by molar-refractivity contribution is -0.141. The molecule has 1 aromatic carbocycles. The third-order valence-electron chi connectivity index (χ3n) is 4.74. The molecule has 152 valence electrons. The Balaban J connectivity index is 2.13. The number of carbonyl (C=O) groups is 1. The normalized spacial score (nSPS) is 19.5. The molecule has 1 aromatic rings. The van der Waals surface area contributed by atoms with E-state index in [1.54, 1.807) is 40.0 Å². The van der Waals surface area contributed by atoms with E-state index in [-0.39, 0.29) is 18.3 Å². The number of rotatable bonds is 5. The van der Waals surface area contributed by atoms with Gasteiger partial charge in [0.05, 0.1) is 24.9 Å². The zero-order valence-corrected chi connectivity index (χ0v) is 17.3. The predicted octanol–water partition coefficient (Wildman–Crippen LogP) is 3.65. The number of fused-ring (bicyclic) bond motifs is 2. The number of hydrogen-bond acceptors (Lipinski definition) is 6. The van der Waals surface area contributed by atoms with Crippen molar-refractivity contribution in [2.24, 2.45) is 5.92 Å². The van der Waals surface area contributed by atoms with E-state index in [0.717, 1.165) is 16.7 Å². The molecule has 0 bridgehead atoms. The molecule has 0 saturated carbocycles. The van der Waals surface area contributed by atoms with Gasteiger partial charge in [0.15, 0.2) is 0 Å². The van der Waals surface area contributed by atoms with Crippen molar-refractivity contribution in [3.63, 3.8) is 0 Å². The summed E-state index contributed by atoms with van der Waals surface area (Å²) >= 11 is 0. The summed E-state index contributed by atoms with van der Waals surface area (Å²) in [6, 6.07) is 1.76. The van der Waals surface area contributed by atoms with E-state index in [1.165, 1.54) is 0 Å². The van der Waals surface area contributed by atoms with Crippen molar-refractivity contribution in [1.82, 2.24) is 0 Å². The molecule has 0 fully saturated rings. The van der Waals surface area contributed by atoms with Crippen molar-refractivity contribution in [2.45, 2.75) is 52.7 Å². The second-order valence-electron chi connectivity index (χ2n) is 7.92. The number of aliphatic hydroxyl groups is 1. The maximum absolute atomic E-state index is 12.3. The first-order chi connectivity index (χ1) is 13.2. The third-order valence-corrected chi connectivity index (χ3v) is 4.74. The highest BCUT2D eigenvalue weighted by Gasteiger charge is 2.39. The van der Waals surface area contributed by atoms with Crippen molar-refractivity contribution >= 4 is 11.5 Å². The summed E-state index contributed by atoms with van der Waals surface area (Å²) in [5, 5.41) is 10.4. The molecule has 0 aromatic heterocycles. The molecule has 1 N–H and O–H groups in total. The summed E-state index contributed by atoms with van der Waals surface area (Å²) in [5.74, 6) is 1.57. The lowest BCUT2D eigenvalue weighted by Crippen LogP contribution is -2.39. The van der Waals surface area contributed by atoms with E-state index < -0.39 is 17.7 Å². The number of esters is 1. The van der Waals surface area contributed by atoms with Gasteiger partial charge in [0.1, 0.15) is 23.4 Å². The molecule has 0 spiro atoms. The van der Waals surface area contributed by atoms with Crippen molar-refractivity contribution in [1.29, 1.82) is 0 Å². The second kappa shape index (κ2) is 7.51. The minimum atomic E-state index is -1.00. The van der Waals surface area contributed by atoms with Crippen LogP contribution in [0.4, 0.5) is 0 Å². The summed E-state index contributed by atoms with van der Waals surface area (Å²) in [6.07, 6.45) is 3.88. The fraction of sp³-hybridized carbons (Fsp3) is 0.500. The van der Waals surface area contributed by atoms with Gasteiger partial charge in [-0.05, 0) is 38.3 Å². The second-order valence-corrected chi connectivity index (χ2v) is 7.92. The van der Waals surface area contributed by atoms with Gasteiger partial charge in [-0.25, -0.2) is 4.79 Å². The molecule has 0 saturated heterocycles. The van der Waals surface area contributed by atoms with Crippen LogP contribution < -0.4 is 14.2 Å². The van der Waals surface area contributed by atoms with Gasteiger partial charge in [-0.15, -0.1) is 0 Å². The van der Waals surface area contributed by atoms with Crippen LogP contribution >= 0.6 is 0 Å². The van der Waals surface area contributed by atoms with E-state index >= 15 is 0 Å². The number of carbonyl (C=O) groups excluding carboxylic acids is 1. The number of ether oxygens (including phenoxy) is 4. The van der Waals surface area contributed by atoms with Crippen LogP contribution in [0.25, 0.3) is 5.57 Å². The van der Waals surface area contributed by atoms with E-state index in [9.17, 15) is 9.90 Å². The number of benzene rings is 1. The van der Waals surface area contributed by atoms with Gasteiger partial charge >= 0.3 is 5.97 Å². The minimum absolute atomic E-state index is 0.125. The van der Waals surface area contributed by atoms with E-state index in [1.807, 2.05) is 0 Å². The van der Waals surface area contributed by atoms with Crippen molar-refractivity contribution in [3.05, 3.63) is 35.1 Å². The van der Waals surface area contributed by atoms with Gasteiger partial charge in [-0.3, -0.25) is 0 Å². The standard InChI is InChI=1S/C22H28O6/c1-7-26-21(23)17-9-13(8-12(2)3)19-16(27-17)11-15-14(20(19)25-6)10-18(28-15)22(4,5)24/h8-9,11-12,18,24H,7,10H2,1-6H3/b13-8+/t18-/m0/s1. The number of methoxy groups -OCH3 is 1. The Labute approximate surface area is 165 Å². The summed E-state index contributed by atoms with van der Waals surface area (Å²) in [5.41, 5.74) is 1.50. The van der Waals surface area contributed by atoms with Gasteiger partial charge < -0.3 is 24.1 Å². The molecule has 2 aliphatic heterocycles. The van der Waals surface area contributed by atoms with Crippen LogP contribution in [-0.2, 0) is 16.0 Å². The topological polar surface area (TPSA) is 74.2 Å². The number of allylic oxidation sites excluding steroid dienone is 3. The number of hydrogen-bond donors (Lipinski definition) is 1. The van der Waals surface area contributed by atoms with Crippen LogP contribution in [0.1, 0.15) is 45.7 Å². The lowest BCUT2D eigenvalue weighted by Gasteiger charge is -2.24. The summed E-state index contributed by atoms with van der Waals surface area (Å²) in [4.78, 5) is 12.3. The average Bonchev–Trinajstić information content (AvgIpc) is 3.03. The average molecular weight is 388 g/mol. The zero-order valence-electron chi connectivity index (χ0n) is 17.3. The van der Waals surface area contributed by atoms with Crippen molar-refractivity contribution in [2.75, 3.05) is 13.7 Å². The quantitative estimate of drug-likeness (QED) is 0.776. The fourth-order valence-electron chi connectivity index (χ4n) is 3.46. The van der Waals surface area contributed by atoms with Crippen LogP contribution in [0, 0.1) is 5.92 Å². The highest BCUT2D eigenvalue weighted by Crippen LogP contribution is 2.50. The van der Waals surface area contributed by atoms with E-state index in [2.05, 4.69) is 19.9 Å². The summed E-state index contributed by atoms with van der Waals surface area (Å²) < 4.78 is 22.7. The molecule has 0 aliphatic carbocycles. The highest BCUT2D eigenvalue weighted by molar-refractivity contribution is 5.95. The first kappa shape index (κ1) is 20.3. The highest BCUT2D eigenvalue weighted by atomic mass is 16.6. The molecule has 6 heteroatoms. The molecule has 3 rings (SSSR count). The molecular formula is C22H28O6. The summed E-state index contributed by atoms with van der Waals surface area (Å²) in [6.45, 7) is 9.58. The largest absolute Gasteiger partial charge is 0.496 e. The molecule has 0 radical (unpaired) electrons. The Bertz CT molecular complexity index is 842. The monoisotopic (exact) mass is 388 g/mol. The van der Waals surface area contributed by atoms with Crippen LogP contribution in [0.5, 0.6) is 17.2 Å². The molecule has 6 nitrogen and oxygen atoms in total. The predicted molar refractivity (Wildman–Crippen MR) is 106 cm³/mol. The van der Waals surface area contributed by atoms with Crippen LogP contribution in [0.2, 0.25) is 0 Å². The molecule has 0 amide bonds. The Morgan fingerprint density at radius 1 is 1.39 bits per heavy atom. The summed E-state index contributed by atoms with van der Waals surface area (Å²) in [7, 11) is 1.60. The van der Waals surface area contributed by atoms with Crippen LogP contribution in [0.3, 0.4) is 0 Å². The van der Waals surface area contributed by atoms with Gasteiger partial charge in [-0.2, -0.15) is 0 Å². The van der Waals surface area contributed by atoms with Gasteiger partial charge in [0.2, 0.25) is 5.76 Å². The molecule has 1 atom stereocenters. The third kappa shape index (κ3) is 3.74. The minimum Gasteiger partial charge on any atom is -0.496 e. The Kier molecular flexibility index (Phi) is 5.44. The molecule has 28 heavy (non-hydrogen) atoms. The first-order valence-electron chi connectivity index (χ1n) is 9.57. The van der Waals surface area contributed by atoms with Crippen molar-refractivity contribution < 1.29 is 28.8 Å². The first-order valence-corrected chi connectivity index (χ1v) is 9.57. The molecule has 0 unspecified atom stereocenters. The Morgan fingerprint density at radius 2 is 2.11 bits per heavy atom. The fourth-order valence-corrected chi connectivity index (χ4v) is 3.46. The smallest absolute Gasteiger partial charge is 0.374 e. The maximum atomic E-state index is 12.3. The van der Waals surface area contributed by atoms with Crippen molar-refractivity contribution in [3.8, 4) is 17.2 Å².